The molecule has 0 aliphatic heterocycles. The van der Waals surface area contributed by atoms with Gasteiger partial charge < -0.3 is 5.73 Å². The van der Waals surface area contributed by atoms with Crippen molar-refractivity contribution in [2.45, 2.75) is 51.5 Å². The van der Waals surface area contributed by atoms with Gasteiger partial charge in [0.15, 0.2) is 0 Å². The van der Waals surface area contributed by atoms with Crippen molar-refractivity contribution in [2.24, 2.45) is 11.7 Å². The molecule has 1 fully saturated rings. The molecule has 2 nitrogen and oxygen atoms in total. The molecular weight excluding hydrogens is 222 g/mol. The summed E-state index contributed by atoms with van der Waals surface area (Å²) in [4.78, 5) is 12.3. The Morgan fingerprint density at radius 1 is 1.06 bits per heavy atom. The van der Waals surface area contributed by atoms with Gasteiger partial charge >= 0.3 is 0 Å². The van der Waals surface area contributed by atoms with Crippen LogP contribution in [-0.2, 0) is 17.8 Å². The van der Waals surface area contributed by atoms with Crippen LogP contribution in [0.3, 0.4) is 0 Å². The number of benzene rings is 1. The van der Waals surface area contributed by atoms with Gasteiger partial charge in [-0.2, -0.15) is 0 Å². The fourth-order valence-corrected chi connectivity index (χ4v) is 2.86. The molecule has 1 saturated carbocycles. The summed E-state index contributed by atoms with van der Waals surface area (Å²) in [6.07, 6.45) is 7.77. The molecule has 1 aliphatic carbocycles. The number of Topliss-reactive ketones (excluding diaryl/α,β-unsaturated/α-hetero) is 1. The Balaban J connectivity index is 2.01. The molecule has 0 unspecified atom stereocenters. The number of hydrogen-bond donors (Lipinski definition) is 1. The van der Waals surface area contributed by atoms with E-state index in [0.29, 0.717) is 24.7 Å². The molecule has 0 heterocycles. The van der Waals surface area contributed by atoms with Gasteiger partial charge in [0, 0.05) is 18.9 Å². The van der Waals surface area contributed by atoms with Crippen molar-refractivity contribution in [1.82, 2.24) is 0 Å². The Morgan fingerprint density at radius 3 is 2.28 bits per heavy atom. The summed E-state index contributed by atoms with van der Waals surface area (Å²) in [7, 11) is 0. The lowest BCUT2D eigenvalue weighted by Crippen LogP contribution is -2.17. The molecule has 18 heavy (non-hydrogen) atoms. The summed E-state index contributed by atoms with van der Waals surface area (Å²) in [5.41, 5.74) is 7.95. The van der Waals surface area contributed by atoms with Crippen molar-refractivity contribution in [3.8, 4) is 0 Å². The molecule has 0 spiro atoms. The van der Waals surface area contributed by atoms with Gasteiger partial charge in [-0.1, -0.05) is 49.9 Å². The number of hydrogen-bond acceptors (Lipinski definition) is 2. The largest absolute Gasteiger partial charge is 0.326 e. The van der Waals surface area contributed by atoms with Gasteiger partial charge in [-0.25, -0.2) is 0 Å². The Hall–Kier alpha value is -1.15. The Labute approximate surface area is 110 Å². The third-order valence-electron chi connectivity index (χ3n) is 4.01. The van der Waals surface area contributed by atoms with Crippen LogP contribution in [0.2, 0.25) is 0 Å². The summed E-state index contributed by atoms with van der Waals surface area (Å²) in [6, 6.07) is 8.04. The maximum absolute atomic E-state index is 12.3. The number of carbonyl (C=O) groups is 1. The SMILES string of the molecule is NCc1ccccc1CC(=O)C1CCCCCC1. The number of ketones is 1. The predicted molar refractivity (Wildman–Crippen MR) is 74.2 cm³/mol. The number of nitrogens with two attached hydrogens (primary N) is 1. The van der Waals surface area contributed by atoms with E-state index in [1.165, 1.54) is 25.7 Å². The van der Waals surface area contributed by atoms with Crippen LogP contribution in [0.5, 0.6) is 0 Å². The highest BCUT2D eigenvalue weighted by atomic mass is 16.1. The minimum absolute atomic E-state index is 0.290. The standard InChI is InChI=1S/C16H23NO/c17-12-15-10-6-5-9-14(15)11-16(18)13-7-3-1-2-4-8-13/h5-6,9-10,13H,1-4,7-8,11-12,17H2. The predicted octanol–water partition coefficient (Wildman–Crippen LogP) is 3.23. The van der Waals surface area contributed by atoms with Crippen LogP contribution in [0, 0.1) is 5.92 Å². The monoisotopic (exact) mass is 245 g/mol. The molecule has 98 valence electrons. The lowest BCUT2D eigenvalue weighted by molar-refractivity contribution is -0.122. The van der Waals surface area contributed by atoms with Crippen molar-refractivity contribution in [2.75, 3.05) is 0 Å². The van der Waals surface area contributed by atoms with Gasteiger partial charge in [0.25, 0.3) is 0 Å². The van der Waals surface area contributed by atoms with E-state index in [-0.39, 0.29) is 0 Å². The average molecular weight is 245 g/mol. The van der Waals surface area contributed by atoms with Crippen LogP contribution < -0.4 is 5.73 Å². The second kappa shape index (κ2) is 6.69. The van der Waals surface area contributed by atoms with Crippen molar-refractivity contribution >= 4 is 5.78 Å². The molecule has 0 radical (unpaired) electrons. The second-order valence-corrected chi connectivity index (χ2v) is 5.30. The molecule has 2 N–H and O–H groups in total. The first-order chi connectivity index (χ1) is 8.81. The fourth-order valence-electron chi connectivity index (χ4n) is 2.86. The molecule has 0 saturated heterocycles. The quantitative estimate of drug-likeness (QED) is 0.828. The molecule has 2 rings (SSSR count). The molecular formula is C16H23NO. The highest BCUT2D eigenvalue weighted by molar-refractivity contribution is 5.83. The van der Waals surface area contributed by atoms with E-state index in [1.807, 2.05) is 24.3 Å². The minimum Gasteiger partial charge on any atom is -0.326 e. The van der Waals surface area contributed by atoms with Crippen molar-refractivity contribution in [3.05, 3.63) is 35.4 Å². The lowest BCUT2D eigenvalue weighted by Gasteiger charge is -2.14. The lowest BCUT2D eigenvalue weighted by atomic mass is 9.90. The Bertz CT molecular complexity index is 392. The molecule has 0 atom stereocenters. The van der Waals surface area contributed by atoms with Crippen LogP contribution in [0.4, 0.5) is 0 Å². The Morgan fingerprint density at radius 2 is 1.67 bits per heavy atom. The molecule has 2 heteroatoms. The summed E-state index contributed by atoms with van der Waals surface area (Å²) < 4.78 is 0. The van der Waals surface area contributed by atoms with Gasteiger partial charge in [0.1, 0.15) is 5.78 Å². The first-order valence-electron chi connectivity index (χ1n) is 7.11. The third kappa shape index (κ3) is 3.42. The summed E-state index contributed by atoms with van der Waals surface area (Å²) in [5, 5.41) is 0. The molecule has 0 aromatic heterocycles. The number of rotatable bonds is 4. The maximum Gasteiger partial charge on any atom is 0.140 e. The average Bonchev–Trinajstić information content (AvgIpc) is 2.68. The van der Waals surface area contributed by atoms with Gasteiger partial charge in [-0.05, 0) is 24.0 Å². The van der Waals surface area contributed by atoms with Crippen molar-refractivity contribution < 1.29 is 4.79 Å². The molecule has 0 amide bonds. The fraction of sp³-hybridized carbons (Fsp3) is 0.562. The summed E-state index contributed by atoms with van der Waals surface area (Å²) in [5.74, 6) is 0.705. The maximum atomic E-state index is 12.3. The summed E-state index contributed by atoms with van der Waals surface area (Å²) in [6.45, 7) is 0.522. The van der Waals surface area contributed by atoms with E-state index in [2.05, 4.69) is 0 Å². The first-order valence-corrected chi connectivity index (χ1v) is 7.11. The van der Waals surface area contributed by atoms with Gasteiger partial charge in [-0.15, -0.1) is 0 Å². The van der Waals surface area contributed by atoms with E-state index in [4.69, 9.17) is 5.73 Å². The van der Waals surface area contributed by atoms with E-state index >= 15 is 0 Å². The Kier molecular flexibility index (Phi) is 4.94. The van der Waals surface area contributed by atoms with Crippen LogP contribution in [-0.4, -0.2) is 5.78 Å². The normalized spacial score (nSPS) is 17.4. The van der Waals surface area contributed by atoms with E-state index in [1.54, 1.807) is 0 Å². The topological polar surface area (TPSA) is 43.1 Å². The zero-order chi connectivity index (χ0) is 12.8. The van der Waals surface area contributed by atoms with Crippen molar-refractivity contribution in [3.63, 3.8) is 0 Å². The summed E-state index contributed by atoms with van der Waals surface area (Å²) >= 11 is 0. The smallest absolute Gasteiger partial charge is 0.140 e. The van der Waals surface area contributed by atoms with Crippen LogP contribution in [0.1, 0.15) is 49.7 Å². The zero-order valence-corrected chi connectivity index (χ0v) is 11.0. The van der Waals surface area contributed by atoms with E-state index in [0.717, 1.165) is 24.0 Å². The van der Waals surface area contributed by atoms with Gasteiger partial charge in [-0.3, -0.25) is 4.79 Å². The molecule has 1 aliphatic rings. The van der Waals surface area contributed by atoms with Crippen molar-refractivity contribution in [1.29, 1.82) is 0 Å². The van der Waals surface area contributed by atoms with Crippen LogP contribution >= 0.6 is 0 Å². The second-order valence-electron chi connectivity index (χ2n) is 5.30. The molecule has 1 aromatic carbocycles. The van der Waals surface area contributed by atoms with E-state index < -0.39 is 0 Å². The van der Waals surface area contributed by atoms with E-state index in [9.17, 15) is 4.79 Å². The molecule has 1 aromatic rings. The zero-order valence-electron chi connectivity index (χ0n) is 11.0. The first kappa shape index (κ1) is 13.3. The van der Waals surface area contributed by atoms with Crippen LogP contribution in [0.15, 0.2) is 24.3 Å². The van der Waals surface area contributed by atoms with Gasteiger partial charge in [0.05, 0.1) is 0 Å². The number of carbonyl (C=O) groups excluding carboxylic acids is 1. The minimum atomic E-state index is 0.290. The third-order valence-corrected chi connectivity index (χ3v) is 4.01. The highest BCUT2D eigenvalue weighted by Gasteiger charge is 2.20. The molecule has 0 bridgehead atoms. The highest BCUT2D eigenvalue weighted by Crippen LogP contribution is 2.25. The van der Waals surface area contributed by atoms with Gasteiger partial charge in [0.2, 0.25) is 0 Å². The van der Waals surface area contributed by atoms with Crippen LogP contribution in [0.25, 0.3) is 0 Å².